The van der Waals surface area contributed by atoms with Gasteiger partial charge in [0.05, 0.1) is 18.1 Å². The summed E-state index contributed by atoms with van der Waals surface area (Å²) in [6, 6.07) is 30.9. The molecule has 0 unspecified atom stereocenters. The van der Waals surface area contributed by atoms with Crippen LogP contribution in [-0.2, 0) is 6.42 Å². The predicted octanol–water partition coefficient (Wildman–Crippen LogP) is 8.12. The minimum atomic E-state index is -0.214. The van der Waals surface area contributed by atoms with E-state index in [-0.39, 0.29) is 23.5 Å². The molecule has 1 fully saturated rings. The quantitative estimate of drug-likeness (QED) is 0.242. The number of phenolic OH excluding ortho intramolecular Hbond substituents is 1. The highest BCUT2D eigenvalue weighted by atomic mass is 32.1. The Hall–Kier alpha value is -3.70. The summed E-state index contributed by atoms with van der Waals surface area (Å²) in [6.07, 6.45) is 3.53. The van der Waals surface area contributed by atoms with Gasteiger partial charge < -0.3 is 14.7 Å². The van der Waals surface area contributed by atoms with E-state index in [1.165, 1.54) is 17.7 Å². The number of thiocarbonyl (C=S) groups is 1. The summed E-state index contributed by atoms with van der Waals surface area (Å²) >= 11 is 5.93. The number of halogens is 1. The van der Waals surface area contributed by atoms with E-state index < -0.39 is 0 Å². The molecule has 0 aromatic heterocycles. The Morgan fingerprint density at radius 1 is 0.919 bits per heavy atom. The normalized spacial score (nSPS) is 17.2. The third-order valence-electron chi connectivity index (χ3n) is 7.19. The maximum absolute atomic E-state index is 13.3. The van der Waals surface area contributed by atoms with E-state index >= 15 is 0 Å². The van der Waals surface area contributed by atoms with Crippen molar-refractivity contribution in [3.63, 3.8) is 0 Å². The van der Waals surface area contributed by atoms with Crippen molar-refractivity contribution in [2.45, 2.75) is 31.7 Å². The van der Waals surface area contributed by atoms with Crippen LogP contribution in [0.5, 0.6) is 11.5 Å². The molecule has 2 atom stereocenters. The smallest absolute Gasteiger partial charge is 0.124 e. The molecular formula is C32H30FNO2S. The van der Waals surface area contributed by atoms with Crippen LogP contribution in [-0.4, -0.2) is 17.2 Å². The summed E-state index contributed by atoms with van der Waals surface area (Å²) in [5.74, 6) is 0.854. The lowest BCUT2D eigenvalue weighted by molar-refractivity contribution is 0.395. The van der Waals surface area contributed by atoms with Crippen molar-refractivity contribution in [2.24, 2.45) is 5.92 Å². The lowest BCUT2D eigenvalue weighted by Crippen LogP contribution is -2.28. The summed E-state index contributed by atoms with van der Waals surface area (Å²) in [5.41, 5.74) is 5.31. The number of benzene rings is 4. The average molecular weight is 512 g/mol. The molecule has 0 spiro atoms. The summed E-state index contributed by atoms with van der Waals surface area (Å²) in [4.78, 5) is 3.08. The van der Waals surface area contributed by atoms with Gasteiger partial charge in [-0.05, 0) is 78.3 Å². The standard InChI is InChI=1S/C32H30FNO2S/c1-36-28-18-19-29(30(35)21-28)32-25(9-5-6-22-10-14-26(33)15-11-22)20-31(37)34(32)27-16-12-24(13-17-27)23-7-3-2-4-8-23/h2-4,7-8,10-19,21,25,32,35H,5-6,9,20H2,1H3/t25-,32+/m1/s1. The third-order valence-corrected chi connectivity index (χ3v) is 7.56. The van der Waals surface area contributed by atoms with Gasteiger partial charge in [-0.15, -0.1) is 0 Å². The number of anilines is 1. The van der Waals surface area contributed by atoms with E-state index in [4.69, 9.17) is 17.0 Å². The average Bonchev–Trinajstić information content (AvgIpc) is 3.25. The van der Waals surface area contributed by atoms with Crippen molar-refractivity contribution in [2.75, 3.05) is 12.0 Å². The predicted molar refractivity (Wildman–Crippen MR) is 152 cm³/mol. The van der Waals surface area contributed by atoms with Gasteiger partial charge >= 0.3 is 0 Å². The zero-order valence-corrected chi connectivity index (χ0v) is 21.6. The van der Waals surface area contributed by atoms with Crippen molar-refractivity contribution < 1.29 is 14.2 Å². The molecule has 1 heterocycles. The van der Waals surface area contributed by atoms with Crippen LogP contribution in [0.15, 0.2) is 97.1 Å². The monoisotopic (exact) mass is 511 g/mol. The first-order valence-corrected chi connectivity index (χ1v) is 13.0. The Labute approximate surface area is 223 Å². The zero-order chi connectivity index (χ0) is 25.8. The second kappa shape index (κ2) is 11.1. The summed E-state index contributed by atoms with van der Waals surface area (Å²) in [5, 5.41) is 11.0. The summed E-state index contributed by atoms with van der Waals surface area (Å²) in [7, 11) is 1.60. The van der Waals surface area contributed by atoms with E-state index in [9.17, 15) is 9.50 Å². The first-order valence-electron chi connectivity index (χ1n) is 12.6. The molecule has 4 aromatic rings. The topological polar surface area (TPSA) is 32.7 Å². The number of hydrogen-bond donors (Lipinski definition) is 1. The van der Waals surface area contributed by atoms with Crippen molar-refractivity contribution in [3.05, 3.63) is 114 Å². The molecule has 1 saturated heterocycles. The second-order valence-electron chi connectivity index (χ2n) is 9.53. The highest BCUT2D eigenvalue weighted by molar-refractivity contribution is 7.80. The molecule has 1 N–H and O–H groups in total. The first kappa shape index (κ1) is 25.0. The Bertz CT molecular complexity index is 1360. The Morgan fingerprint density at radius 3 is 2.30 bits per heavy atom. The summed E-state index contributed by atoms with van der Waals surface area (Å²) < 4.78 is 18.6. The maximum Gasteiger partial charge on any atom is 0.124 e. The van der Waals surface area contributed by atoms with E-state index in [2.05, 4.69) is 41.3 Å². The fourth-order valence-corrected chi connectivity index (χ4v) is 5.76. The van der Waals surface area contributed by atoms with Crippen LogP contribution < -0.4 is 9.64 Å². The molecule has 188 valence electrons. The van der Waals surface area contributed by atoms with Crippen LogP contribution in [0.25, 0.3) is 11.1 Å². The molecule has 3 nitrogen and oxygen atoms in total. The number of methoxy groups -OCH3 is 1. The van der Waals surface area contributed by atoms with Gasteiger partial charge in [-0.2, -0.15) is 0 Å². The van der Waals surface area contributed by atoms with E-state index in [0.29, 0.717) is 5.75 Å². The van der Waals surface area contributed by atoms with Crippen LogP contribution in [0, 0.1) is 11.7 Å². The zero-order valence-electron chi connectivity index (χ0n) is 20.8. The van der Waals surface area contributed by atoms with Crippen molar-refractivity contribution in [3.8, 4) is 22.6 Å². The molecule has 0 radical (unpaired) electrons. The molecule has 0 saturated carbocycles. The van der Waals surface area contributed by atoms with E-state index in [1.54, 1.807) is 13.2 Å². The van der Waals surface area contributed by atoms with Gasteiger partial charge in [0.2, 0.25) is 0 Å². The van der Waals surface area contributed by atoms with Gasteiger partial charge in [-0.3, -0.25) is 0 Å². The van der Waals surface area contributed by atoms with Crippen molar-refractivity contribution in [1.29, 1.82) is 0 Å². The molecule has 0 amide bonds. The Balaban J connectivity index is 1.43. The van der Waals surface area contributed by atoms with Gasteiger partial charge in [0.1, 0.15) is 17.3 Å². The highest BCUT2D eigenvalue weighted by Gasteiger charge is 2.40. The number of aryl methyl sites for hydroxylation is 1. The molecule has 0 bridgehead atoms. The Morgan fingerprint density at radius 2 is 1.62 bits per heavy atom. The summed E-state index contributed by atoms with van der Waals surface area (Å²) in [6.45, 7) is 0. The minimum Gasteiger partial charge on any atom is -0.507 e. The van der Waals surface area contributed by atoms with Gasteiger partial charge in [0.25, 0.3) is 0 Å². The SMILES string of the molecule is COc1ccc([C@@H]2[C@H](CCCc3ccc(F)cc3)CC(=S)N2c2ccc(-c3ccccc3)cc2)c(O)c1. The van der Waals surface area contributed by atoms with Crippen LogP contribution in [0.3, 0.4) is 0 Å². The molecule has 4 aromatic carbocycles. The van der Waals surface area contributed by atoms with Crippen LogP contribution >= 0.6 is 12.2 Å². The Kier molecular flexibility index (Phi) is 7.52. The van der Waals surface area contributed by atoms with Gasteiger partial charge in [-0.25, -0.2) is 4.39 Å². The molecular weight excluding hydrogens is 481 g/mol. The molecule has 1 aliphatic heterocycles. The van der Waals surface area contributed by atoms with Crippen molar-refractivity contribution in [1.82, 2.24) is 0 Å². The van der Waals surface area contributed by atoms with Crippen LogP contribution in [0.4, 0.5) is 10.1 Å². The number of phenols is 1. The van der Waals surface area contributed by atoms with Crippen molar-refractivity contribution >= 4 is 22.9 Å². The fourth-order valence-electron chi connectivity index (χ4n) is 5.32. The molecule has 37 heavy (non-hydrogen) atoms. The van der Waals surface area contributed by atoms with Gasteiger partial charge in [-0.1, -0.05) is 66.8 Å². The number of ether oxygens (including phenoxy) is 1. The second-order valence-corrected chi connectivity index (χ2v) is 10.0. The number of aromatic hydroxyl groups is 1. The fraction of sp³-hybridized carbons (Fsp3) is 0.219. The maximum atomic E-state index is 13.3. The third kappa shape index (κ3) is 5.52. The van der Waals surface area contributed by atoms with E-state index in [0.717, 1.165) is 53.0 Å². The number of hydrogen-bond acceptors (Lipinski definition) is 3. The first-order chi connectivity index (χ1) is 18.0. The lowest BCUT2D eigenvalue weighted by atomic mass is 9.88. The molecule has 0 aliphatic carbocycles. The molecule has 5 rings (SSSR count). The largest absolute Gasteiger partial charge is 0.507 e. The van der Waals surface area contributed by atoms with E-state index in [1.807, 2.05) is 42.5 Å². The molecule has 1 aliphatic rings. The number of rotatable bonds is 8. The lowest BCUT2D eigenvalue weighted by Gasteiger charge is -2.31. The van der Waals surface area contributed by atoms with Crippen LogP contribution in [0.1, 0.15) is 36.4 Å². The van der Waals surface area contributed by atoms with Crippen LogP contribution in [0.2, 0.25) is 0 Å². The minimum absolute atomic E-state index is 0.0887. The van der Waals surface area contributed by atoms with Gasteiger partial charge in [0.15, 0.2) is 0 Å². The highest BCUT2D eigenvalue weighted by Crippen LogP contribution is 2.47. The number of nitrogens with zero attached hydrogens (tertiary/aromatic N) is 1. The molecule has 5 heteroatoms. The van der Waals surface area contributed by atoms with Gasteiger partial charge in [0, 0.05) is 23.7 Å².